The molecule has 0 amide bonds. The van der Waals surface area contributed by atoms with Crippen molar-refractivity contribution in [3.8, 4) is 0 Å². The first kappa shape index (κ1) is 14.6. The molecule has 1 saturated heterocycles. The lowest BCUT2D eigenvalue weighted by atomic mass is 10.1. The zero-order valence-corrected chi connectivity index (χ0v) is 12.6. The average Bonchev–Trinajstić information content (AvgIpc) is 2.55. The minimum atomic E-state index is -0.435. The van der Waals surface area contributed by atoms with Gasteiger partial charge in [-0.2, -0.15) is 0 Å². The second-order valence-corrected chi connectivity index (χ2v) is 5.50. The summed E-state index contributed by atoms with van der Waals surface area (Å²) in [4.78, 5) is 16.1. The molecule has 1 heterocycles. The predicted molar refractivity (Wildman–Crippen MR) is 87.3 cm³/mol. The number of nitrogens with zero attached hydrogens (tertiary/aromatic N) is 2. The van der Waals surface area contributed by atoms with Crippen LogP contribution >= 0.6 is 0 Å². The molecule has 1 aliphatic rings. The summed E-state index contributed by atoms with van der Waals surface area (Å²) in [5, 5.41) is 0. The lowest BCUT2D eigenvalue weighted by Crippen LogP contribution is -2.47. The molecule has 0 atom stereocenters. The Hall–Kier alpha value is -2.36. The number of hydrogen-bond acceptors (Lipinski definition) is 3. The van der Waals surface area contributed by atoms with Crippen molar-refractivity contribution < 1.29 is 9.18 Å². The van der Waals surface area contributed by atoms with Crippen LogP contribution < -0.4 is 9.80 Å². The van der Waals surface area contributed by atoms with Gasteiger partial charge in [-0.25, -0.2) is 4.39 Å². The number of anilines is 2. The van der Waals surface area contributed by atoms with Crippen LogP contribution in [0.1, 0.15) is 17.3 Å². The highest BCUT2D eigenvalue weighted by Gasteiger charge is 2.22. The van der Waals surface area contributed by atoms with E-state index in [4.69, 9.17) is 0 Å². The summed E-state index contributed by atoms with van der Waals surface area (Å²) >= 11 is 0. The Bertz CT molecular complexity index is 664. The molecule has 0 bridgehead atoms. The molecule has 0 aromatic heterocycles. The van der Waals surface area contributed by atoms with Gasteiger partial charge in [0.2, 0.25) is 0 Å². The third kappa shape index (κ3) is 2.82. The van der Waals surface area contributed by atoms with Crippen LogP contribution in [0.15, 0.2) is 48.5 Å². The summed E-state index contributed by atoms with van der Waals surface area (Å²) in [5.41, 5.74) is 2.11. The second kappa shape index (κ2) is 6.18. The number of ketones is 1. The van der Waals surface area contributed by atoms with Gasteiger partial charge in [-0.1, -0.05) is 24.3 Å². The summed E-state index contributed by atoms with van der Waals surface area (Å²) in [6, 6.07) is 15.1. The first-order valence-corrected chi connectivity index (χ1v) is 7.51. The molecule has 0 radical (unpaired) electrons. The maximum absolute atomic E-state index is 13.9. The molecular weight excluding hydrogens is 279 g/mol. The molecule has 2 aromatic carbocycles. The number of carbonyl (C=O) groups excluding carboxylic acids is 1. The third-order valence-corrected chi connectivity index (χ3v) is 4.09. The fourth-order valence-corrected chi connectivity index (χ4v) is 2.97. The van der Waals surface area contributed by atoms with Crippen LogP contribution in [0.5, 0.6) is 0 Å². The van der Waals surface area contributed by atoms with E-state index in [1.165, 1.54) is 18.7 Å². The monoisotopic (exact) mass is 298 g/mol. The average molecular weight is 298 g/mol. The van der Waals surface area contributed by atoms with Crippen molar-refractivity contribution >= 4 is 17.2 Å². The van der Waals surface area contributed by atoms with Gasteiger partial charge in [-0.3, -0.25) is 4.79 Å². The highest BCUT2D eigenvalue weighted by atomic mass is 19.1. The van der Waals surface area contributed by atoms with Crippen molar-refractivity contribution in [2.24, 2.45) is 0 Å². The number of piperazine rings is 1. The number of Topliss-reactive ketones (excluding diaryl/α,β-unsaturated/α-hetero) is 1. The van der Waals surface area contributed by atoms with E-state index in [9.17, 15) is 9.18 Å². The predicted octanol–water partition coefficient (Wildman–Crippen LogP) is 3.35. The van der Waals surface area contributed by atoms with Gasteiger partial charge in [0, 0.05) is 31.9 Å². The summed E-state index contributed by atoms with van der Waals surface area (Å²) in [5.74, 6) is -0.658. The highest BCUT2D eigenvalue weighted by molar-refractivity contribution is 6.00. The molecule has 0 aliphatic carbocycles. The van der Waals surface area contributed by atoms with Crippen LogP contribution in [0.25, 0.3) is 0 Å². The lowest BCUT2D eigenvalue weighted by molar-refractivity contribution is 0.101. The Morgan fingerprint density at radius 1 is 0.909 bits per heavy atom. The highest BCUT2D eigenvalue weighted by Crippen LogP contribution is 2.26. The van der Waals surface area contributed by atoms with Crippen molar-refractivity contribution in [3.05, 3.63) is 59.9 Å². The van der Waals surface area contributed by atoms with Gasteiger partial charge < -0.3 is 9.80 Å². The Kier molecular flexibility index (Phi) is 4.09. The molecule has 0 saturated carbocycles. The van der Waals surface area contributed by atoms with E-state index in [2.05, 4.69) is 21.9 Å². The molecule has 1 aliphatic heterocycles. The zero-order chi connectivity index (χ0) is 15.5. The number of rotatable bonds is 3. The maximum Gasteiger partial charge on any atom is 0.164 e. The quantitative estimate of drug-likeness (QED) is 0.812. The van der Waals surface area contributed by atoms with E-state index in [1.54, 1.807) is 6.07 Å². The molecule has 1 fully saturated rings. The lowest BCUT2D eigenvalue weighted by Gasteiger charge is -2.38. The summed E-state index contributed by atoms with van der Waals surface area (Å²) < 4.78 is 13.9. The first-order chi connectivity index (χ1) is 10.7. The van der Waals surface area contributed by atoms with Crippen LogP contribution in [-0.4, -0.2) is 32.0 Å². The molecular formula is C18H19FN2O. The molecule has 4 heteroatoms. The molecule has 2 aromatic rings. The molecule has 3 nitrogen and oxygen atoms in total. The van der Waals surface area contributed by atoms with Crippen LogP contribution in [0.3, 0.4) is 0 Å². The summed E-state index contributed by atoms with van der Waals surface area (Å²) in [6.07, 6.45) is 0. The van der Waals surface area contributed by atoms with E-state index in [-0.39, 0.29) is 11.3 Å². The Labute approximate surface area is 130 Å². The largest absolute Gasteiger partial charge is 0.368 e. The van der Waals surface area contributed by atoms with Crippen molar-refractivity contribution in [1.29, 1.82) is 0 Å². The van der Waals surface area contributed by atoms with Crippen molar-refractivity contribution in [1.82, 2.24) is 0 Å². The van der Waals surface area contributed by atoms with Gasteiger partial charge in [0.15, 0.2) is 5.78 Å². The van der Waals surface area contributed by atoms with Crippen LogP contribution in [0, 0.1) is 5.82 Å². The fraction of sp³-hybridized carbons (Fsp3) is 0.278. The van der Waals surface area contributed by atoms with E-state index in [1.807, 2.05) is 24.3 Å². The number of para-hydroxylation sites is 1. The van der Waals surface area contributed by atoms with E-state index >= 15 is 0 Å². The number of halogens is 1. The second-order valence-electron chi connectivity index (χ2n) is 5.50. The molecule has 0 N–H and O–H groups in total. The third-order valence-electron chi connectivity index (χ3n) is 4.09. The maximum atomic E-state index is 13.9. The number of hydrogen-bond donors (Lipinski definition) is 0. The molecule has 22 heavy (non-hydrogen) atoms. The van der Waals surface area contributed by atoms with Gasteiger partial charge in [-0.05, 0) is 31.2 Å². The van der Waals surface area contributed by atoms with Crippen LogP contribution in [-0.2, 0) is 0 Å². The van der Waals surface area contributed by atoms with Crippen molar-refractivity contribution in [2.45, 2.75) is 6.92 Å². The van der Waals surface area contributed by atoms with Gasteiger partial charge in [-0.15, -0.1) is 0 Å². The van der Waals surface area contributed by atoms with Gasteiger partial charge >= 0.3 is 0 Å². The molecule has 0 unspecified atom stereocenters. The Morgan fingerprint density at radius 2 is 1.55 bits per heavy atom. The molecule has 3 rings (SSSR count). The SMILES string of the molecule is CC(=O)c1c(F)cccc1N1CCN(c2ccccc2)CC1. The van der Waals surface area contributed by atoms with E-state index < -0.39 is 5.82 Å². The minimum Gasteiger partial charge on any atom is -0.368 e. The van der Waals surface area contributed by atoms with Crippen LogP contribution in [0.4, 0.5) is 15.8 Å². The molecule has 114 valence electrons. The summed E-state index contributed by atoms with van der Waals surface area (Å²) in [7, 11) is 0. The topological polar surface area (TPSA) is 23.6 Å². The van der Waals surface area contributed by atoms with E-state index in [0.717, 1.165) is 26.2 Å². The first-order valence-electron chi connectivity index (χ1n) is 7.51. The van der Waals surface area contributed by atoms with Gasteiger partial charge in [0.1, 0.15) is 5.82 Å². The fourth-order valence-electron chi connectivity index (χ4n) is 2.97. The zero-order valence-electron chi connectivity index (χ0n) is 12.6. The van der Waals surface area contributed by atoms with Crippen molar-refractivity contribution in [3.63, 3.8) is 0 Å². The van der Waals surface area contributed by atoms with Gasteiger partial charge in [0.25, 0.3) is 0 Å². The van der Waals surface area contributed by atoms with E-state index in [0.29, 0.717) is 5.69 Å². The van der Waals surface area contributed by atoms with Crippen molar-refractivity contribution in [2.75, 3.05) is 36.0 Å². The Balaban J connectivity index is 1.77. The van der Waals surface area contributed by atoms with Crippen LogP contribution in [0.2, 0.25) is 0 Å². The molecule has 0 spiro atoms. The minimum absolute atomic E-state index is 0.204. The Morgan fingerprint density at radius 3 is 2.18 bits per heavy atom. The number of benzene rings is 2. The normalized spacial score (nSPS) is 15.0. The standard InChI is InChI=1S/C18H19FN2O/c1-14(22)18-16(19)8-5-9-17(18)21-12-10-20(11-13-21)15-6-3-2-4-7-15/h2-9H,10-13H2,1H3. The summed E-state index contributed by atoms with van der Waals surface area (Å²) in [6.45, 7) is 4.69. The van der Waals surface area contributed by atoms with Gasteiger partial charge in [0.05, 0.1) is 11.3 Å². The number of carbonyl (C=O) groups is 1. The smallest absolute Gasteiger partial charge is 0.164 e.